The van der Waals surface area contributed by atoms with Gasteiger partial charge in [0, 0.05) is 25.6 Å². The lowest BCUT2D eigenvalue weighted by molar-refractivity contribution is -0.136. The highest BCUT2D eigenvalue weighted by atomic mass is 16.2. The number of carbonyl (C=O) groups excluding carboxylic acids is 2. The second-order valence-electron chi connectivity index (χ2n) is 3.87. The van der Waals surface area contributed by atoms with Crippen LogP contribution in [0.5, 0.6) is 0 Å². The Morgan fingerprint density at radius 2 is 2.40 bits per heavy atom. The second-order valence-corrected chi connectivity index (χ2v) is 3.87. The molecule has 1 aromatic rings. The van der Waals surface area contributed by atoms with Crippen molar-refractivity contribution in [2.45, 2.75) is 19.3 Å². The smallest absolute Gasteiger partial charge is 0.230 e. The fraction of sp³-hybridized carbons (Fsp3) is 0.500. The first-order valence-electron chi connectivity index (χ1n) is 4.96. The van der Waals surface area contributed by atoms with Crippen LogP contribution in [0.15, 0.2) is 12.4 Å². The van der Waals surface area contributed by atoms with Gasteiger partial charge in [0.1, 0.15) is 0 Å². The Bertz CT molecular complexity index is 397. The summed E-state index contributed by atoms with van der Waals surface area (Å²) in [6.07, 6.45) is 5.39. The van der Waals surface area contributed by atoms with Crippen molar-refractivity contribution in [1.29, 1.82) is 0 Å². The van der Waals surface area contributed by atoms with Crippen LogP contribution in [-0.4, -0.2) is 21.6 Å². The van der Waals surface area contributed by atoms with E-state index in [1.165, 1.54) is 0 Å². The number of imide groups is 1. The lowest BCUT2D eigenvalue weighted by Gasteiger charge is -2.19. The lowest BCUT2D eigenvalue weighted by Crippen LogP contribution is -2.41. The van der Waals surface area contributed by atoms with Gasteiger partial charge in [-0.1, -0.05) is 0 Å². The molecular weight excluding hydrogens is 194 g/mol. The summed E-state index contributed by atoms with van der Waals surface area (Å²) in [4.78, 5) is 22.4. The van der Waals surface area contributed by atoms with Gasteiger partial charge in [0.05, 0.1) is 6.20 Å². The average Bonchev–Trinajstić information content (AvgIpc) is 2.56. The van der Waals surface area contributed by atoms with Gasteiger partial charge in [-0.3, -0.25) is 19.6 Å². The quantitative estimate of drug-likeness (QED) is 0.695. The van der Waals surface area contributed by atoms with E-state index in [1.807, 2.05) is 13.2 Å². The van der Waals surface area contributed by atoms with Gasteiger partial charge in [0.15, 0.2) is 0 Å². The number of carbonyl (C=O) groups is 2. The SMILES string of the molecule is Cn1cc(CC2CCC(=O)NC2=O)cn1. The molecule has 1 aliphatic heterocycles. The number of rotatable bonds is 2. The number of nitrogens with one attached hydrogen (secondary N) is 1. The van der Waals surface area contributed by atoms with Gasteiger partial charge in [0.2, 0.25) is 11.8 Å². The van der Waals surface area contributed by atoms with Crippen molar-refractivity contribution in [1.82, 2.24) is 15.1 Å². The maximum absolute atomic E-state index is 11.5. The zero-order valence-electron chi connectivity index (χ0n) is 8.56. The summed E-state index contributed by atoms with van der Waals surface area (Å²) in [5.74, 6) is -0.413. The van der Waals surface area contributed by atoms with Gasteiger partial charge in [-0.25, -0.2) is 0 Å². The zero-order valence-corrected chi connectivity index (χ0v) is 8.56. The van der Waals surface area contributed by atoms with Crippen molar-refractivity contribution >= 4 is 11.8 Å². The molecule has 1 aliphatic rings. The zero-order chi connectivity index (χ0) is 10.8. The minimum Gasteiger partial charge on any atom is -0.296 e. The number of hydrogen-bond acceptors (Lipinski definition) is 3. The van der Waals surface area contributed by atoms with Crippen LogP contribution in [0.2, 0.25) is 0 Å². The Morgan fingerprint density at radius 1 is 1.60 bits per heavy atom. The highest BCUT2D eigenvalue weighted by Crippen LogP contribution is 2.17. The predicted molar refractivity (Wildman–Crippen MR) is 52.8 cm³/mol. The third-order valence-electron chi connectivity index (χ3n) is 2.59. The first kappa shape index (κ1) is 9.89. The summed E-state index contributed by atoms with van der Waals surface area (Å²) in [6.45, 7) is 0. The van der Waals surface area contributed by atoms with Gasteiger partial charge in [-0.05, 0) is 18.4 Å². The summed E-state index contributed by atoms with van der Waals surface area (Å²) in [5.41, 5.74) is 1.03. The third-order valence-corrected chi connectivity index (χ3v) is 2.59. The minimum absolute atomic E-state index is 0.0908. The summed E-state index contributed by atoms with van der Waals surface area (Å²) in [7, 11) is 1.84. The van der Waals surface area contributed by atoms with E-state index < -0.39 is 0 Å². The molecule has 2 rings (SSSR count). The van der Waals surface area contributed by atoms with Gasteiger partial charge in [0.25, 0.3) is 0 Å². The molecule has 0 aromatic carbocycles. The molecule has 15 heavy (non-hydrogen) atoms. The number of hydrogen-bond donors (Lipinski definition) is 1. The van der Waals surface area contributed by atoms with Crippen molar-refractivity contribution in [3.8, 4) is 0 Å². The van der Waals surface area contributed by atoms with E-state index in [9.17, 15) is 9.59 Å². The number of nitrogens with zero attached hydrogens (tertiary/aromatic N) is 2. The molecule has 0 radical (unpaired) electrons. The van der Waals surface area contributed by atoms with Crippen LogP contribution in [0.25, 0.3) is 0 Å². The molecule has 5 nitrogen and oxygen atoms in total. The first-order chi connectivity index (χ1) is 7.15. The molecule has 1 fully saturated rings. The highest BCUT2D eigenvalue weighted by molar-refractivity contribution is 5.98. The molecule has 1 N–H and O–H groups in total. The number of aromatic nitrogens is 2. The highest BCUT2D eigenvalue weighted by Gasteiger charge is 2.26. The van der Waals surface area contributed by atoms with Crippen LogP contribution in [0.4, 0.5) is 0 Å². The Morgan fingerprint density at radius 3 is 3.00 bits per heavy atom. The summed E-state index contributed by atoms with van der Waals surface area (Å²) < 4.78 is 1.71. The summed E-state index contributed by atoms with van der Waals surface area (Å²) in [5, 5.41) is 6.39. The van der Waals surface area contributed by atoms with Crippen LogP contribution in [0.3, 0.4) is 0 Å². The molecule has 1 saturated heterocycles. The fourth-order valence-electron chi connectivity index (χ4n) is 1.79. The van der Waals surface area contributed by atoms with Crippen molar-refractivity contribution in [2.75, 3.05) is 0 Å². The molecule has 80 valence electrons. The topological polar surface area (TPSA) is 64.0 Å². The predicted octanol–water partition coefficient (Wildman–Crippen LogP) is 0.0154. The Kier molecular flexibility index (Phi) is 2.53. The van der Waals surface area contributed by atoms with Crippen molar-refractivity contribution in [3.63, 3.8) is 0 Å². The Hall–Kier alpha value is -1.65. The van der Waals surface area contributed by atoms with E-state index in [2.05, 4.69) is 10.4 Å². The maximum Gasteiger partial charge on any atom is 0.230 e. The van der Waals surface area contributed by atoms with Crippen molar-refractivity contribution < 1.29 is 9.59 Å². The maximum atomic E-state index is 11.5. The van der Waals surface area contributed by atoms with E-state index in [0.29, 0.717) is 19.3 Å². The summed E-state index contributed by atoms with van der Waals surface area (Å²) >= 11 is 0. The minimum atomic E-state index is -0.164. The average molecular weight is 207 g/mol. The molecule has 2 amide bonds. The van der Waals surface area contributed by atoms with E-state index in [1.54, 1.807) is 10.9 Å². The molecule has 1 unspecified atom stereocenters. The Balaban J connectivity index is 2.00. The van der Waals surface area contributed by atoms with Crippen LogP contribution in [0.1, 0.15) is 18.4 Å². The normalized spacial score (nSPS) is 21.5. The van der Waals surface area contributed by atoms with E-state index >= 15 is 0 Å². The monoisotopic (exact) mass is 207 g/mol. The third kappa shape index (κ3) is 2.23. The molecule has 0 saturated carbocycles. The van der Waals surface area contributed by atoms with Crippen LogP contribution < -0.4 is 5.32 Å². The molecule has 0 bridgehead atoms. The van der Waals surface area contributed by atoms with Crippen molar-refractivity contribution in [2.24, 2.45) is 13.0 Å². The van der Waals surface area contributed by atoms with E-state index in [0.717, 1.165) is 5.56 Å². The number of piperidine rings is 1. The van der Waals surface area contributed by atoms with Crippen LogP contribution in [0, 0.1) is 5.92 Å². The standard InChI is InChI=1S/C10H13N3O2/c1-13-6-7(5-11-13)4-8-2-3-9(14)12-10(8)15/h5-6,8H,2-4H2,1H3,(H,12,14,15). The van der Waals surface area contributed by atoms with Crippen molar-refractivity contribution in [3.05, 3.63) is 18.0 Å². The molecule has 0 aliphatic carbocycles. The number of amides is 2. The number of aryl methyl sites for hydroxylation is 1. The van der Waals surface area contributed by atoms with Gasteiger partial charge in [-0.15, -0.1) is 0 Å². The first-order valence-corrected chi connectivity index (χ1v) is 4.96. The van der Waals surface area contributed by atoms with Gasteiger partial charge < -0.3 is 0 Å². The van der Waals surface area contributed by atoms with Gasteiger partial charge >= 0.3 is 0 Å². The van der Waals surface area contributed by atoms with Gasteiger partial charge in [-0.2, -0.15) is 5.10 Å². The van der Waals surface area contributed by atoms with E-state index in [-0.39, 0.29) is 17.7 Å². The lowest BCUT2D eigenvalue weighted by atomic mass is 9.92. The fourth-order valence-corrected chi connectivity index (χ4v) is 1.79. The molecule has 0 spiro atoms. The van der Waals surface area contributed by atoms with E-state index in [4.69, 9.17) is 0 Å². The molecular formula is C10H13N3O2. The molecule has 5 heteroatoms. The summed E-state index contributed by atoms with van der Waals surface area (Å²) in [6, 6.07) is 0. The largest absolute Gasteiger partial charge is 0.296 e. The van der Waals surface area contributed by atoms with Crippen LogP contribution >= 0.6 is 0 Å². The molecule has 1 aromatic heterocycles. The second kappa shape index (κ2) is 3.84. The molecule has 2 heterocycles. The Labute approximate surface area is 87.5 Å². The molecule has 1 atom stereocenters. The van der Waals surface area contributed by atoms with Crippen LogP contribution in [-0.2, 0) is 23.1 Å².